The van der Waals surface area contributed by atoms with Crippen LogP contribution in [0.2, 0.25) is 0 Å². The van der Waals surface area contributed by atoms with Crippen molar-refractivity contribution in [2.75, 3.05) is 31.2 Å². The van der Waals surface area contributed by atoms with Gasteiger partial charge in [-0.15, -0.1) is 10.2 Å². The van der Waals surface area contributed by atoms with E-state index in [0.717, 1.165) is 87.3 Å². The first-order valence-corrected chi connectivity index (χ1v) is 20.5. The zero-order chi connectivity index (χ0) is 39.5. The van der Waals surface area contributed by atoms with E-state index in [1.165, 1.54) is 4.90 Å². The van der Waals surface area contributed by atoms with Gasteiger partial charge in [0.15, 0.2) is 5.82 Å². The van der Waals surface area contributed by atoms with Gasteiger partial charge >= 0.3 is 18.3 Å². The van der Waals surface area contributed by atoms with Crippen molar-refractivity contribution in [3.8, 4) is 22.4 Å². The van der Waals surface area contributed by atoms with Crippen molar-refractivity contribution < 1.29 is 38.6 Å². The fraction of sp³-hybridized carbons (Fsp3) is 0.512. The molecule has 1 aromatic heterocycles. The van der Waals surface area contributed by atoms with Gasteiger partial charge in [0.05, 0.1) is 18.6 Å². The molecular weight excluding hydrogens is 729 g/mol. The molecule has 14 heteroatoms. The number of ether oxygens (including phenoxy) is 2. The van der Waals surface area contributed by atoms with Crippen molar-refractivity contribution in [3.05, 3.63) is 66.2 Å². The molecule has 14 nitrogen and oxygen atoms in total. The van der Waals surface area contributed by atoms with Gasteiger partial charge in [-0.25, -0.2) is 19.3 Å². The third-order valence-corrected chi connectivity index (χ3v) is 12.9. The molecule has 3 heterocycles. The van der Waals surface area contributed by atoms with Gasteiger partial charge in [-0.1, -0.05) is 54.6 Å². The Bertz CT molecular complexity index is 1910. The highest BCUT2D eigenvalue weighted by Crippen LogP contribution is 2.43. The van der Waals surface area contributed by atoms with E-state index in [-0.39, 0.29) is 66.6 Å². The molecule has 0 spiro atoms. The van der Waals surface area contributed by atoms with Gasteiger partial charge in [0.25, 0.3) is 0 Å². The van der Waals surface area contributed by atoms with E-state index < -0.39 is 11.6 Å². The maximum Gasteiger partial charge on any atom is 0.410 e. The standard InChI is InChI=1S/C43H50N6O8/c50-37(25-28-7-15-33(16-8-28)47-21-23-56-41(47)54)49(38(51)26-29-9-17-34(18-10-29)48-22-24-57-42(48)55)36-27-35(30-5-2-1-3-6-30)39(46-45-36)31-11-13-32(14-12-31)43(19-4-20-43)44-40(52)53/h1-3,5-6,11-14,27-29,33-34,44H,4,7-10,15-26H2,(H,52,53)/t28-,29-,33-,34-. The molecule has 57 heavy (non-hydrogen) atoms. The number of carbonyl (C=O) groups is 5. The SMILES string of the molecule is O=C(O)NC1(c2ccc(-c3nnc(N(C(=O)C[C@H]4CC[C@H](N5CCOC5=O)CC4)C(=O)C[C@H]4CC[C@H](N5CCOC5=O)CC4)cc3-c3ccccc3)cc2)CCC1. The Balaban J connectivity index is 1.06. The number of amides is 5. The fourth-order valence-corrected chi connectivity index (χ4v) is 9.58. The van der Waals surface area contributed by atoms with Crippen molar-refractivity contribution in [1.29, 1.82) is 0 Å². The Hall–Kier alpha value is -5.53. The van der Waals surface area contributed by atoms with Crippen LogP contribution in [0.4, 0.5) is 20.2 Å². The van der Waals surface area contributed by atoms with Crippen molar-refractivity contribution in [1.82, 2.24) is 25.3 Å². The van der Waals surface area contributed by atoms with E-state index >= 15 is 0 Å². The first-order valence-electron chi connectivity index (χ1n) is 20.5. The lowest BCUT2D eigenvalue weighted by Crippen LogP contribution is -2.50. The lowest BCUT2D eigenvalue weighted by molar-refractivity contribution is -0.128. The van der Waals surface area contributed by atoms with E-state index in [1.807, 2.05) is 54.6 Å². The maximum atomic E-state index is 14.4. The van der Waals surface area contributed by atoms with Gasteiger partial charge < -0.3 is 29.7 Å². The summed E-state index contributed by atoms with van der Waals surface area (Å²) in [6.45, 7) is 1.99. The number of nitrogens with one attached hydrogen (secondary N) is 1. The van der Waals surface area contributed by atoms with Gasteiger partial charge in [-0.3, -0.25) is 9.59 Å². The monoisotopic (exact) mass is 778 g/mol. The number of cyclic esters (lactones) is 2. The number of anilines is 1. The molecule has 0 bridgehead atoms. The summed E-state index contributed by atoms with van der Waals surface area (Å²) in [5.41, 5.74) is 3.16. The van der Waals surface area contributed by atoms with Crippen LogP contribution in [0.5, 0.6) is 0 Å². The predicted molar refractivity (Wildman–Crippen MR) is 209 cm³/mol. The number of carbonyl (C=O) groups excluding carboxylic acids is 4. The molecule has 5 amide bonds. The number of hydrogen-bond donors (Lipinski definition) is 2. The second-order valence-corrected chi connectivity index (χ2v) is 16.3. The van der Waals surface area contributed by atoms with Crippen molar-refractivity contribution in [3.63, 3.8) is 0 Å². The number of hydrogen-bond acceptors (Lipinski definition) is 9. The van der Waals surface area contributed by atoms with Crippen molar-refractivity contribution in [2.45, 2.75) is 101 Å². The third kappa shape index (κ3) is 8.17. The number of benzene rings is 2. The quantitative estimate of drug-likeness (QED) is 0.204. The van der Waals surface area contributed by atoms with Crippen LogP contribution >= 0.6 is 0 Å². The first-order chi connectivity index (χ1) is 27.7. The summed E-state index contributed by atoms with van der Waals surface area (Å²) in [5, 5.41) is 21.5. The number of imide groups is 1. The average molecular weight is 779 g/mol. The van der Waals surface area contributed by atoms with E-state index in [1.54, 1.807) is 15.9 Å². The molecule has 2 aromatic carbocycles. The molecule has 2 aliphatic heterocycles. The Labute approximate surface area is 331 Å². The normalized spacial score (nSPS) is 24.3. The summed E-state index contributed by atoms with van der Waals surface area (Å²) in [4.78, 5) is 69.7. The highest BCUT2D eigenvalue weighted by atomic mass is 16.6. The molecule has 3 aliphatic carbocycles. The Morgan fingerprint density at radius 2 is 1.28 bits per heavy atom. The van der Waals surface area contributed by atoms with Crippen LogP contribution in [-0.4, -0.2) is 93.6 Å². The minimum absolute atomic E-state index is 0.0484. The van der Waals surface area contributed by atoms with Crippen LogP contribution in [0.25, 0.3) is 22.4 Å². The Morgan fingerprint density at radius 3 is 1.74 bits per heavy atom. The summed E-state index contributed by atoms with van der Waals surface area (Å²) < 4.78 is 10.3. The minimum Gasteiger partial charge on any atom is -0.465 e. The zero-order valence-electron chi connectivity index (χ0n) is 32.1. The van der Waals surface area contributed by atoms with Crippen LogP contribution in [0.3, 0.4) is 0 Å². The molecule has 5 aliphatic rings. The number of carboxylic acid groups (broad SMARTS) is 1. The highest BCUT2D eigenvalue weighted by Gasteiger charge is 2.41. The molecule has 8 rings (SSSR count). The third-order valence-electron chi connectivity index (χ3n) is 12.9. The molecule has 2 saturated heterocycles. The summed E-state index contributed by atoms with van der Waals surface area (Å²) in [7, 11) is 0. The molecule has 0 atom stereocenters. The van der Waals surface area contributed by atoms with Crippen LogP contribution in [0, 0.1) is 11.8 Å². The largest absolute Gasteiger partial charge is 0.465 e. The van der Waals surface area contributed by atoms with Gasteiger partial charge in [-0.2, -0.15) is 0 Å². The molecular formula is C43H50N6O8. The lowest BCUT2D eigenvalue weighted by atomic mass is 9.71. The van der Waals surface area contributed by atoms with Crippen LogP contribution in [0.1, 0.15) is 89.0 Å². The molecule has 3 saturated carbocycles. The summed E-state index contributed by atoms with van der Waals surface area (Å²) in [6.07, 6.45) is 7.24. The molecule has 0 unspecified atom stereocenters. The van der Waals surface area contributed by atoms with Crippen LogP contribution in [0.15, 0.2) is 60.7 Å². The highest BCUT2D eigenvalue weighted by molar-refractivity contribution is 6.14. The molecule has 5 fully saturated rings. The molecule has 300 valence electrons. The lowest BCUT2D eigenvalue weighted by Gasteiger charge is -2.42. The number of nitrogens with zero attached hydrogens (tertiary/aromatic N) is 5. The van der Waals surface area contributed by atoms with E-state index in [2.05, 4.69) is 10.4 Å². The maximum absolute atomic E-state index is 14.4. The minimum atomic E-state index is -1.05. The Kier molecular flexibility index (Phi) is 11.1. The summed E-state index contributed by atoms with van der Waals surface area (Å²) >= 11 is 0. The van der Waals surface area contributed by atoms with Crippen LogP contribution < -0.4 is 10.2 Å². The smallest absolute Gasteiger partial charge is 0.410 e. The van der Waals surface area contributed by atoms with Crippen LogP contribution in [-0.2, 0) is 24.6 Å². The first kappa shape index (κ1) is 38.3. The Morgan fingerprint density at radius 1 is 0.737 bits per heavy atom. The van der Waals surface area contributed by atoms with Gasteiger partial charge in [0.1, 0.15) is 18.9 Å². The van der Waals surface area contributed by atoms with Gasteiger partial charge in [0, 0.05) is 36.1 Å². The second kappa shape index (κ2) is 16.5. The predicted octanol–water partition coefficient (Wildman–Crippen LogP) is 7.12. The molecule has 2 N–H and O–H groups in total. The zero-order valence-corrected chi connectivity index (χ0v) is 32.1. The summed E-state index contributed by atoms with van der Waals surface area (Å²) in [6, 6.07) is 19.3. The van der Waals surface area contributed by atoms with Crippen molar-refractivity contribution >= 4 is 35.9 Å². The summed E-state index contributed by atoms with van der Waals surface area (Å²) in [5.74, 6) is -0.371. The fourth-order valence-electron chi connectivity index (χ4n) is 9.58. The van der Waals surface area contributed by atoms with E-state index in [9.17, 15) is 29.1 Å². The van der Waals surface area contributed by atoms with E-state index in [0.29, 0.717) is 37.6 Å². The topological polar surface area (TPSA) is 172 Å². The second-order valence-electron chi connectivity index (χ2n) is 16.3. The van der Waals surface area contributed by atoms with Gasteiger partial charge in [0.2, 0.25) is 11.8 Å². The molecule has 3 aromatic rings. The van der Waals surface area contributed by atoms with Crippen molar-refractivity contribution in [2.24, 2.45) is 11.8 Å². The number of aromatic nitrogens is 2. The number of rotatable bonds is 11. The molecule has 0 radical (unpaired) electrons. The van der Waals surface area contributed by atoms with Gasteiger partial charge in [-0.05, 0) is 99.7 Å². The average Bonchev–Trinajstić information content (AvgIpc) is 3.84. The van der Waals surface area contributed by atoms with E-state index in [4.69, 9.17) is 14.6 Å².